The second-order valence-electron chi connectivity index (χ2n) is 4.33. The molecular formula is C12H23NO3S. The van der Waals surface area contributed by atoms with Crippen molar-refractivity contribution in [3.8, 4) is 0 Å². The molecule has 0 saturated heterocycles. The lowest BCUT2D eigenvalue weighted by atomic mass is 10.2. The van der Waals surface area contributed by atoms with Crippen molar-refractivity contribution < 1.29 is 14.7 Å². The van der Waals surface area contributed by atoms with Crippen LogP contribution in [0, 0.1) is 0 Å². The number of amides is 1. The fraction of sp³-hybridized carbons (Fsp3) is 0.833. The smallest absolute Gasteiger partial charge is 0.319 e. The van der Waals surface area contributed by atoms with Gasteiger partial charge in [-0.15, -0.1) is 11.8 Å². The maximum atomic E-state index is 11.7. The minimum absolute atomic E-state index is 0.156. The number of carbonyl (C=O) groups excluding carboxylic acids is 1. The molecule has 5 heteroatoms. The van der Waals surface area contributed by atoms with Gasteiger partial charge in [0, 0.05) is 19.5 Å². The summed E-state index contributed by atoms with van der Waals surface area (Å²) in [5.74, 6) is 0.0491. The number of hydrogen-bond acceptors (Lipinski definition) is 3. The van der Waals surface area contributed by atoms with Gasteiger partial charge in [-0.2, -0.15) is 0 Å². The van der Waals surface area contributed by atoms with Crippen LogP contribution >= 0.6 is 11.8 Å². The van der Waals surface area contributed by atoms with Crippen molar-refractivity contribution in [3.05, 3.63) is 0 Å². The molecule has 1 amide bonds. The number of aliphatic carboxylic acids is 1. The number of carbonyl (C=O) groups is 2. The number of hydrogen-bond donors (Lipinski definition) is 1. The fourth-order valence-electron chi connectivity index (χ4n) is 1.35. The van der Waals surface area contributed by atoms with Crippen molar-refractivity contribution in [2.45, 2.75) is 45.3 Å². The third kappa shape index (κ3) is 5.96. The second kappa shape index (κ2) is 7.58. The van der Waals surface area contributed by atoms with Crippen LogP contribution in [0.3, 0.4) is 0 Å². The van der Waals surface area contributed by atoms with Gasteiger partial charge in [-0.3, -0.25) is 9.59 Å². The van der Waals surface area contributed by atoms with Gasteiger partial charge in [0.15, 0.2) is 0 Å². The quantitative estimate of drug-likeness (QED) is 0.681. The van der Waals surface area contributed by atoms with E-state index in [9.17, 15) is 9.59 Å². The molecule has 1 N–H and O–H groups in total. The summed E-state index contributed by atoms with van der Waals surface area (Å²) >= 11 is 1.39. The van der Waals surface area contributed by atoms with Crippen LogP contribution in [0.1, 0.15) is 40.5 Å². The van der Waals surface area contributed by atoms with E-state index in [2.05, 4.69) is 0 Å². The zero-order valence-electron chi connectivity index (χ0n) is 11.2. The highest BCUT2D eigenvalue weighted by Crippen LogP contribution is 2.25. The molecule has 0 saturated carbocycles. The summed E-state index contributed by atoms with van der Waals surface area (Å²) in [6, 6.07) is 0. The normalized spacial score (nSPS) is 11.3. The van der Waals surface area contributed by atoms with E-state index < -0.39 is 10.7 Å². The Kier molecular flexibility index (Phi) is 7.27. The third-order valence-electron chi connectivity index (χ3n) is 2.63. The van der Waals surface area contributed by atoms with Crippen molar-refractivity contribution in [2.24, 2.45) is 0 Å². The largest absolute Gasteiger partial charge is 0.480 e. The SMILES string of the molecule is CCN(CC)C(=O)CCCSC(C)(C)C(=O)O. The van der Waals surface area contributed by atoms with Crippen molar-refractivity contribution in [1.29, 1.82) is 0 Å². The van der Waals surface area contributed by atoms with Gasteiger partial charge >= 0.3 is 5.97 Å². The molecule has 4 nitrogen and oxygen atoms in total. The Hall–Kier alpha value is -0.710. The molecule has 0 aromatic heterocycles. The first-order valence-corrected chi connectivity index (χ1v) is 6.98. The molecule has 0 aliphatic carbocycles. The van der Waals surface area contributed by atoms with E-state index >= 15 is 0 Å². The van der Waals surface area contributed by atoms with Crippen LogP contribution in [-0.2, 0) is 9.59 Å². The summed E-state index contributed by atoms with van der Waals surface area (Å²) < 4.78 is -0.766. The number of rotatable bonds is 8. The molecule has 17 heavy (non-hydrogen) atoms. The van der Waals surface area contributed by atoms with E-state index in [-0.39, 0.29) is 5.91 Å². The van der Waals surface area contributed by atoms with Crippen LogP contribution in [0.4, 0.5) is 0 Å². The molecule has 0 heterocycles. The Morgan fingerprint density at radius 2 is 1.76 bits per heavy atom. The number of thioether (sulfide) groups is 1. The van der Waals surface area contributed by atoms with E-state index in [1.165, 1.54) is 11.8 Å². The van der Waals surface area contributed by atoms with Crippen LogP contribution in [0.2, 0.25) is 0 Å². The van der Waals surface area contributed by atoms with E-state index in [0.717, 1.165) is 19.5 Å². The fourth-order valence-corrected chi connectivity index (χ4v) is 2.27. The van der Waals surface area contributed by atoms with E-state index in [4.69, 9.17) is 5.11 Å². The Morgan fingerprint density at radius 3 is 2.18 bits per heavy atom. The van der Waals surface area contributed by atoms with Gasteiger partial charge in [-0.1, -0.05) is 0 Å². The average molecular weight is 261 g/mol. The lowest BCUT2D eigenvalue weighted by Crippen LogP contribution is -2.30. The monoisotopic (exact) mass is 261 g/mol. The van der Waals surface area contributed by atoms with E-state index in [1.807, 2.05) is 13.8 Å². The predicted octanol–water partition coefficient (Wildman–Crippen LogP) is 2.23. The van der Waals surface area contributed by atoms with Crippen LogP contribution in [-0.4, -0.2) is 45.5 Å². The lowest BCUT2D eigenvalue weighted by Gasteiger charge is -2.20. The van der Waals surface area contributed by atoms with Crippen LogP contribution in [0.15, 0.2) is 0 Å². The molecule has 0 aliphatic heterocycles. The van der Waals surface area contributed by atoms with Gasteiger partial charge in [0.2, 0.25) is 5.91 Å². The summed E-state index contributed by atoms with van der Waals surface area (Å²) in [6.45, 7) is 8.78. The molecule has 0 atom stereocenters. The molecule has 0 bridgehead atoms. The number of nitrogens with zero attached hydrogens (tertiary/aromatic N) is 1. The summed E-state index contributed by atoms with van der Waals surface area (Å²) in [5.41, 5.74) is 0. The first kappa shape index (κ1) is 16.3. The first-order chi connectivity index (χ1) is 7.85. The van der Waals surface area contributed by atoms with Crippen LogP contribution < -0.4 is 0 Å². The van der Waals surface area contributed by atoms with Gasteiger partial charge in [0.1, 0.15) is 4.75 Å². The molecule has 0 aliphatic rings. The van der Waals surface area contributed by atoms with Gasteiger partial charge in [0.25, 0.3) is 0 Å². The molecule has 0 fully saturated rings. The highest BCUT2D eigenvalue weighted by atomic mass is 32.2. The number of carboxylic acid groups (broad SMARTS) is 1. The van der Waals surface area contributed by atoms with E-state index in [0.29, 0.717) is 12.2 Å². The molecule has 0 radical (unpaired) electrons. The molecule has 0 spiro atoms. The molecule has 0 aromatic carbocycles. The summed E-state index contributed by atoms with van der Waals surface area (Å²) in [7, 11) is 0. The Morgan fingerprint density at radius 1 is 1.24 bits per heavy atom. The van der Waals surface area contributed by atoms with Gasteiger partial charge in [-0.05, 0) is 39.9 Å². The first-order valence-electron chi connectivity index (χ1n) is 6.00. The van der Waals surface area contributed by atoms with Crippen molar-refractivity contribution in [2.75, 3.05) is 18.8 Å². The molecule has 100 valence electrons. The average Bonchev–Trinajstić information content (AvgIpc) is 2.26. The number of carboxylic acids is 1. The summed E-state index contributed by atoms with van der Waals surface area (Å²) in [5, 5.41) is 8.92. The standard InChI is InChI=1S/C12H23NO3S/c1-5-13(6-2)10(14)8-7-9-17-12(3,4)11(15)16/h5-9H2,1-4H3,(H,15,16). The Balaban J connectivity index is 3.86. The highest BCUT2D eigenvalue weighted by Gasteiger charge is 2.27. The highest BCUT2D eigenvalue weighted by molar-refractivity contribution is 8.01. The zero-order valence-corrected chi connectivity index (χ0v) is 12.0. The van der Waals surface area contributed by atoms with Gasteiger partial charge < -0.3 is 10.0 Å². The maximum absolute atomic E-state index is 11.7. The molecule has 0 rings (SSSR count). The Bertz CT molecular complexity index is 262. The lowest BCUT2D eigenvalue weighted by molar-refractivity contribution is -0.138. The predicted molar refractivity (Wildman–Crippen MR) is 71.3 cm³/mol. The summed E-state index contributed by atoms with van der Waals surface area (Å²) in [6.07, 6.45) is 1.24. The molecular weight excluding hydrogens is 238 g/mol. The van der Waals surface area contributed by atoms with Crippen LogP contribution in [0.25, 0.3) is 0 Å². The van der Waals surface area contributed by atoms with Crippen molar-refractivity contribution in [1.82, 2.24) is 4.90 Å². The second-order valence-corrected chi connectivity index (χ2v) is 6.05. The summed E-state index contributed by atoms with van der Waals surface area (Å²) in [4.78, 5) is 24.3. The van der Waals surface area contributed by atoms with Crippen LogP contribution in [0.5, 0.6) is 0 Å². The molecule has 0 unspecified atom stereocenters. The van der Waals surface area contributed by atoms with Crippen molar-refractivity contribution in [3.63, 3.8) is 0 Å². The van der Waals surface area contributed by atoms with Crippen molar-refractivity contribution >= 4 is 23.6 Å². The van der Waals surface area contributed by atoms with E-state index in [1.54, 1.807) is 18.7 Å². The topological polar surface area (TPSA) is 57.6 Å². The minimum atomic E-state index is -0.808. The van der Waals surface area contributed by atoms with Gasteiger partial charge in [-0.25, -0.2) is 0 Å². The minimum Gasteiger partial charge on any atom is -0.480 e. The maximum Gasteiger partial charge on any atom is 0.319 e. The zero-order chi connectivity index (χ0) is 13.5. The third-order valence-corrected chi connectivity index (χ3v) is 4.02. The molecule has 0 aromatic rings. The Labute approximate surface area is 108 Å². The van der Waals surface area contributed by atoms with Gasteiger partial charge in [0.05, 0.1) is 0 Å².